The Bertz CT molecular complexity index is 765. The Labute approximate surface area is 154 Å². The lowest BCUT2D eigenvalue weighted by Gasteiger charge is -2.18. The van der Waals surface area contributed by atoms with Crippen molar-refractivity contribution in [3.8, 4) is 6.07 Å². The molecular formula is C21H25FN4. The SMILES string of the molecule is CCNC(=NCc1cc(C#N)ccc1F)NC(C)CCc1ccccc1. The Morgan fingerprint density at radius 3 is 2.69 bits per heavy atom. The minimum Gasteiger partial charge on any atom is -0.357 e. The summed E-state index contributed by atoms with van der Waals surface area (Å²) in [5.74, 6) is 0.301. The van der Waals surface area contributed by atoms with Crippen LogP contribution in [0.2, 0.25) is 0 Å². The van der Waals surface area contributed by atoms with E-state index in [-0.39, 0.29) is 18.4 Å². The van der Waals surface area contributed by atoms with Crippen molar-refractivity contribution < 1.29 is 4.39 Å². The fourth-order valence-electron chi connectivity index (χ4n) is 2.58. The third-order valence-electron chi connectivity index (χ3n) is 4.02. The number of nitrogens with zero attached hydrogens (tertiary/aromatic N) is 2. The topological polar surface area (TPSA) is 60.2 Å². The van der Waals surface area contributed by atoms with Crippen LogP contribution in [-0.2, 0) is 13.0 Å². The Morgan fingerprint density at radius 1 is 1.23 bits per heavy atom. The Balaban J connectivity index is 1.96. The number of aliphatic imine (C=N–C) groups is 1. The lowest BCUT2D eigenvalue weighted by molar-refractivity contribution is 0.590. The lowest BCUT2D eigenvalue weighted by Crippen LogP contribution is -2.42. The van der Waals surface area contributed by atoms with Gasteiger partial charge >= 0.3 is 0 Å². The van der Waals surface area contributed by atoms with Crippen molar-refractivity contribution in [1.29, 1.82) is 5.26 Å². The summed E-state index contributed by atoms with van der Waals surface area (Å²) in [7, 11) is 0. The van der Waals surface area contributed by atoms with E-state index in [4.69, 9.17) is 5.26 Å². The molecule has 0 saturated carbocycles. The second kappa shape index (κ2) is 10.2. The zero-order valence-corrected chi connectivity index (χ0v) is 15.3. The molecule has 0 spiro atoms. The summed E-state index contributed by atoms with van der Waals surface area (Å²) in [5.41, 5.74) is 2.16. The Hall–Kier alpha value is -2.87. The monoisotopic (exact) mass is 352 g/mol. The predicted octanol–water partition coefficient (Wildman–Crippen LogP) is 3.77. The fourth-order valence-corrected chi connectivity index (χ4v) is 2.58. The molecule has 0 heterocycles. The normalized spacial score (nSPS) is 12.3. The molecule has 136 valence electrons. The van der Waals surface area contributed by atoms with Gasteiger partial charge in [0, 0.05) is 18.2 Å². The number of rotatable bonds is 7. The van der Waals surface area contributed by atoms with E-state index >= 15 is 0 Å². The number of guanidine groups is 1. The van der Waals surface area contributed by atoms with E-state index in [2.05, 4.69) is 34.7 Å². The first-order valence-electron chi connectivity index (χ1n) is 8.89. The zero-order chi connectivity index (χ0) is 18.8. The van der Waals surface area contributed by atoms with Crippen LogP contribution in [0.3, 0.4) is 0 Å². The van der Waals surface area contributed by atoms with Crippen LogP contribution in [0.5, 0.6) is 0 Å². The molecule has 0 aliphatic carbocycles. The van der Waals surface area contributed by atoms with Crippen molar-refractivity contribution in [1.82, 2.24) is 10.6 Å². The van der Waals surface area contributed by atoms with Gasteiger partial charge in [0.15, 0.2) is 5.96 Å². The van der Waals surface area contributed by atoms with Gasteiger partial charge in [-0.15, -0.1) is 0 Å². The van der Waals surface area contributed by atoms with E-state index in [1.807, 2.05) is 31.2 Å². The van der Waals surface area contributed by atoms with Crippen molar-refractivity contribution >= 4 is 5.96 Å². The number of hydrogen-bond acceptors (Lipinski definition) is 2. The first-order chi connectivity index (χ1) is 12.6. The standard InChI is InChI=1S/C21H25FN4/c1-3-24-21(25-15-19-13-18(14-23)11-12-20(19)22)26-16(2)9-10-17-7-5-4-6-8-17/h4-8,11-13,16H,3,9-10,15H2,1-2H3,(H2,24,25,26). The molecule has 0 bridgehead atoms. The number of halogens is 1. The molecule has 0 aromatic heterocycles. The summed E-state index contributed by atoms with van der Waals surface area (Å²) in [6.07, 6.45) is 1.94. The van der Waals surface area contributed by atoms with Gasteiger partial charge < -0.3 is 10.6 Å². The van der Waals surface area contributed by atoms with E-state index in [0.29, 0.717) is 17.1 Å². The third kappa shape index (κ3) is 6.21. The van der Waals surface area contributed by atoms with Gasteiger partial charge in [0.2, 0.25) is 0 Å². The second-order valence-electron chi connectivity index (χ2n) is 6.18. The summed E-state index contributed by atoms with van der Waals surface area (Å²) in [6, 6.07) is 16.9. The van der Waals surface area contributed by atoms with Crippen LogP contribution in [0.15, 0.2) is 53.5 Å². The van der Waals surface area contributed by atoms with Gasteiger partial charge in [-0.05, 0) is 50.5 Å². The second-order valence-corrected chi connectivity index (χ2v) is 6.18. The van der Waals surface area contributed by atoms with Gasteiger partial charge in [0.1, 0.15) is 5.82 Å². The summed E-state index contributed by atoms with van der Waals surface area (Å²) in [5, 5.41) is 15.5. The number of nitrogens with one attached hydrogen (secondary N) is 2. The molecule has 4 nitrogen and oxygen atoms in total. The van der Waals surface area contributed by atoms with Gasteiger partial charge in [-0.25, -0.2) is 9.38 Å². The van der Waals surface area contributed by atoms with Crippen molar-refractivity contribution in [3.05, 3.63) is 71.0 Å². The molecule has 1 atom stereocenters. The van der Waals surface area contributed by atoms with Crippen LogP contribution in [-0.4, -0.2) is 18.5 Å². The van der Waals surface area contributed by atoms with Gasteiger partial charge in [-0.1, -0.05) is 30.3 Å². The molecule has 1 unspecified atom stereocenters. The highest BCUT2D eigenvalue weighted by Gasteiger charge is 2.07. The molecule has 0 amide bonds. The van der Waals surface area contributed by atoms with E-state index in [9.17, 15) is 4.39 Å². The largest absolute Gasteiger partial charge is 0.357 e. The Morgan fingerprint density at radius 2 is 2.00 bits per heavy atom. The minimum absolute atomic E-state index is 0.183. The molecule has 26 heavy (non-hydrogen) atoms. The zero-order valence-electron chi connectivity index (χ0n) is 15.3. The maximum atomic E-state index is 13.9. The molecule has 0 radical (unpaired) electrons. The molecule has 2 rings (SSSR count). The molecule has 0 saturated heterocycles. The van der Waals surface area contributed by atoms with E-state index < -0.39 is 0 Å². The smallest absolute Gasteiger partial charge is 0.191 e. The first kappa shape index (κ1) is 19.5. The van der Waals surface area contributed by atoms with E-state index in [1.165, 1.54) is 17.7 Å². The van der Waals surface area contributed by atoms with Crippen LogP contribution < -0.4 is 10.6 Å². The van der Waals surface area contributed by atoms with E-state index in [1.54, 1.807) is 6.07 Å². The van der Waals surface area contributed by atoms with Gasteiger partial charge in [-0.2, -0.15) is 5.26 Å². The number of hydrogen-bond donors (Lipinski definition) is 2. The van der Waals surface area contributed by atoms with Crippen LogP contribution in [0.1, 0.15) is 37.0 Å². The highest BCUT2D eigenvalue weighted by atomic mass is 19.1. The molecule has 0 aliphatic heterocycles. The van der Waals surface area contributed by atoms with Gasteiger partial charge in [0.05, 0.1) is 18.2 Å². The molecule has 2 aromatic rings. The minimum atomic E-state index is -0.347. The average molecular weight is 352 g/mol. The maximum absolute atomic E-state index is 13.9. The molecule has 2 N–H and O–H groups in total. The maximum Gasteiger partial charge on any atom is 0.191 e. The average Bonchev–Trinajstić information content (AvgIpc) is 2.66. The molecule has 0 fully saturated rings. The summed E-state index contributed by atoms with van der Waals surface area (Å²) in [6.45, 7) is 5.00. The molecule has 2 aromatic carbocycles. The Kier molecular flexibility index (Phi) is 7.63. The van der Waals surface area contributed by atoms with Crippen LogP contribution in [0.25, 0.3) is 0 Å². The number of nitriles is 1. The first-order valence-corrected chi connectivity index (χ1v) is 8.89. The van der Waals surface area contributed by atoms with Crippen LogP contribution in [0, 0.1) is 17.1 Å². The molecule has 0 aliphatic rings. The highest BCUT2D eigenvalue weighted by Crippen LogP contribution is 2.11. The third-order valence-corrected chi connectivity index (χ3v) is 4.02. The van der Waals surface area contributed by atoms with Crippen LogP contribution in [0.4, 0.5) is 4.39 Å². The van der Waals surface area contributed by atoms with Crippen molar-refractivity contribution in [2.24, 2.45) is 4.99 Å². The highest BCUT2D eigenvalue weighted by molar-refractivity contribution is 5.80. The quantitative estimate of drug-likeness (QED) is 0.589. The lowest BCUT2D eigenvalue weighted by atomic mass is 10.1. The fraction of sp³-hybridized carbons (Fsp3) is 0.333. The predicted molar refractivity (Wildman–Crippen MR) is 103 cm³/mol. The van der Waals surface area contributed by atoms with Gasteiger partial charge in [0.25, 0.3) is 0 Å². The molecule has 5 heteroatoms. The van der Waals surface area contributed by atoms with Crippen LogP contribution >= 0.6 is 0 Å². The summed E-state index contributed by atoms with van der Waals surface area (Å²) >= 11 is 0. The number of benzene rings is 2. The van der Waals surface area contributed by atoms with Gasteiger partial charge in [-0.3, -0.25) is 0 Å². The number of aryl methyl sites for hydroxylation is 1. The van der Waals surface area contributed by atoms with Crippen molar-refractivity contribution in [2.45, 2.75) is 39.3 Å². The summed E-state index contributed by atoms with van der Waals surface area (Å²) in [4.78, 5) is 4.46. The summed E-state index contributed by atoms with van der Waals surface area (Å²) < 4.78 is 13.9. The van der Waals surface area contributed by atoms with Crippen molar-refractivity contribution in [2.75, 3.05) is 6.54 Å². The molecular weight excluding hydrogens is 327 g/mol. The van der Waals surface area contributed by atoms with Crippen molar-refractivity contribution in [3.63, 3.8) is 0 Å². The van der Waals surface area contributed by atoms with E-state index in [0.717, 1.165) is 19.4 Å².